The van der Waals surface area contributed by atoms with Crippen molar-refractivity contribution in [1.29, 1.82) is 0 Å². The van der Waals surface area contributed by atoms with E-state index in [9.17, 15) is 0 Å². The molecule has 7 heteroatoms. The number of aliphatic hydroxyl groups is 1. The van der Waals surface area contributed by atoms with Crippen molar-refractivity contribution in [2.75, 3.05) is 37.5 Å². The van der Waals surface area contributed by atoms with Crippen LogP contribution in [0.15, 0.2) is 24.4 Å². The van der Waals surface area contributed by atoms with Crippen molar-refractivity contribution in [3.63, 3.8) is 0 Å². The lowest BCUT2D eigenvalue weighted by atomic mass is 10.3. The minimum absolute atomic E-state index is 0.186. The van der Waals surface area contributed by atoms with E-state index >= 15 is 0 Å². The Labute approximate surface area is 132 Å². The van der Waals surface area contributed by atoms with Crippen LogP contribution < -0.4 is 10.2 Å². The number of fused-ring (bicyclic) bond motifs is 1. The zero-order valence-corrected chi connectivity index (χ0v) is 13.4. The second-order valence-corrected chi connectivity index (χ2v) is 6.27. The number of thiophene rings is 1. The summed E-state index contributed by atoms with van der Waals surface area (Å²) >= 11 is 1.68. The van der Waals surface area contributed by atoms with E-state index in [1.54, 1.807) is 17.5 Å². The Morgan fingerprint density at radius 2 is 2.23 bits per heavy atom. The van der Waals surface area contributed by atoms with Crippen LogP contribution in [0.2, 0.25) is 0 Å². The Hall–Kier alpha value is -2.12. The Balaban J connectivity index is 2.05. The van der Waals surface area contributed by atoms with Crippen molar-refractivity contribution in [3.8, 4) is 10.6 Å². The summed E-state index contributed by atoms with van der Waals surface area (Å²) in [5, 5.41) is 19.4. The van der Waals surface area contributed by atoms with Crippen LogP contribution in [0.25, 0.3) is 20.8 Å². The highest BCUT2D eigenvalue weighted by Gasteiger charge is 2.12. The lowest BCUT2D eigenvalue weighted by molar-refractivity contribution is 0.292. The summed E-state index contributed by atoms with van der Waals surface area (Å²) in [4.78, 5) is 7.81. The Bertz CT molecular complexity index is 751. The first-order valence-electron chi connectivity index (χ1n) is 7.15. The van der Waals surface area contributed by atoms with Gasteiger partial charge in [0, 0.05) is 39.5 Å². The largest absolute Gasteiger partial charge is 0.396 e. The van der Waals surface area contributed by atoms with Crippen molar-refractivity contribution in [2.45, 2.75) is 6.42 Å². The lowest BCUT2D eigenvalue weighted by Crippen LogP contribution is -2.11. The summed E-state index contributed by atoms with van der Waals surface area (Å²) in [6.45, 7) is 0.922. The molecule has 116 valence electrons. The smallest absolute Gasteiger partial charge is 0.130 e. The van der Waals surface area contributed by atoms with E-state index in [0.29, 0.717) is 0 Å². The number of pyridine rings is 1. The van der Waals surface area contributed by atoms with Gasteiger partial charge in [0.2, 0.25) is 0 Å². The molecule has 0 unspecified atom stereocenters. The number of rotatable bonds is 6. The molecule has 3 rings (SSSR count). The van der Waals surface area contributed by atoms with E-state index in [1.807, 2.05) is 31.1 Å². The molecule has 0 aromatic carbocycles. The molecule has 0 aliphatic heterocycles. The summed E-state index contributed by atoms with van der Waals surface area (Å²) in [5.41, 5.74) is 3.01. The minimum atomic E-state index is 0.186. The molecular formula is C15H19N5OS. The van der Waals surface area contributed by atoms with Gasteiger partial charge in [0.1, 0.15) is 5.82 Å². The van der Waals surface area contributed by atoms with Gasteiger partial charge in [-0.25, -0.2) is 4.98 Å². The van der Waals surface area contributed by atoms with Gasteiger partial charge in [-0.05, 0) is 18.6 Å². The quantitative estimate of drug-likeness (QED) is 0.609. The first-order valence-corrected chi connectivity index (χ1v) is 7.97. The highest BCUT2D eigenvalue weighted by atomic mass is 32.1. The number of hydrogen-bond acceptors (Lipinski definition) is 6. The van der Waals surface area contributed by atoms with Crippen molar-refractivity contribution in [3.05, 3.63) is 24.4 Å². The number of nitrogens with one attached hydrogen (secondary N) is 2. The van der Waals surface area contributed by atoms with Gasteiger partial charge in [0.05, 0.1) is 26.5 Å². The van der Waals surface area contributed by atoms with E-state index in [-0.39, 0.29) is 6.61 Å². The van der Waals surface area contributed by atoms with Crippen LogP contribution in [0.3, 0.4) is 0 Å². The molecule has 0 aliphatic carbocycles. The van der Waals surface area contributed by atoms with Gasteiger partial charge in [-0.3, -0.25) is 5.10 Å². The molecule has 22 heavy (non-hydrogen) atoms. The molecule has 0 radical (unpaired) electrons. The van der Waals surface area contributed by atoms with E-state index < -0.39 is 0 Å². The molecule has 0 saturated heterocycles. The summed E-state index contributed by atoms with van der Waals surface area (Å²) in [6.07, 6.45) is 2.47. The van der Waals surface area contributed by atoms with E-state index in [4.69, 9.17) is 10.1 Å². The number of anilines is 2. The summed E-state index contributed by atoms with van der Waals surface area (Å²) in [5.74, 6) is 0.910. The predicted octanol–water partition coefficient (Wildman–Crippen LogP) is 2.55. The van der Waals surface area contributed by atoms with Crippen LogP contribution in [0.5, 0.6) is 0 Å². The molecule has 6 nitrogen and oxygen atoms in total. The zero-order chi connectivity index (χ0) is 15.5. The maximum Gasteiger partial charge on any atom is 0.130 e. The monoisotopic (exact) mass is 317 g/mol. The zero-order valence-electron chi connectivity index (χ0n) is 12.6. The normalized spacial score (nSPS) is 11.0. The third kappa shape index (κ3) is 2.90. The molecule has 0 spiro atoms. The first-order chi connectivity index (χ1) is 10.7. The third-order valence-corrected chi connectivity index (χ3v) is 4.53. The molecule has 0 saturated carbocycles. The van der Waals surface area contributed by atoms with Gasteiger partial charge in [-0.1, -0.05) is 0 Å². The van der Waals surface area contributed by atoms with Crippen LogP contribution in [0, 0.1) is 0 Å². The van der Waals surface area contributed by atoms with Gasteiger partial charge in [0.25, 0.3) is 0 Å². The van der Waals surface area contributed by atoms with Crippen LogP contribution in [-0.2, 0) is 0 Å². The molecule has 3 heterocycles. The maximum absolute atomic E-state index is 8.96. The molecule has 0 bridgehead atoms. The van der Waals surface area contributed by atoms with E-state index in [1.165, 1.54) is 0 Å². The van der Waals surface area contributed by atoms with Gasteiger partial charge in [-0.15, -0.1) is 11.3 Å². The van der Waals surface area contributed by atoms with Gasteiger partial charge < -0.3 is 15.3 Å². The number of aromatic amines is 1. The summed E-state index contributed by atoms with van der Waals surface area (Å²) < 4.78 is 1.12. The Morgan fingerprint density at radius 1 is 1.36 bits per heavy atom. The van der Waals surface area contributed by atoms with Crippen LogP contribution in [0.4, 0.5) is 11.5 Å². The fourth-order valence-electron chi connectivity index (χ4n) is 2.20. The Kier molecular flexibility index (Phi) is 4.26. The predicted molar refractivity (Wildman–Crippen MR) is 91.7 cm³/mol. The Morgan fingerprint density at radius 3 is 2.91 bits per heavy atom. The second kappa shape index (κ2) is 6.33. The van der Waals surface area contributed by atoms with Crippen molar-refractivity contribution in [1.82, 2.24) is 15.2 Å². The SMILES string of the molecule is CN(C)c1cc(NCCCO)c2sc(-c3ccn[nH]3)cc2n1. The third-order valence-electron chi connectivity index (χ3n) is 3.34. The van der Waals surface area contributed by atoms with E-state index in [0.717, 1.165) is 45.3 Å². The van der Waals surface area contributed by atoms with Gasteiger partial charge in [0.15, 0.2) is 0 Å². The molecule has 0 fully saturated rings. The fourth-order valence-corrected chi connectivity index (χ4v) is 3.26. The second-order valence-electron chi connectivity index (χ2n) is 5.22. The first kappa shape index (κ1) is 14.8. The molecule has 3 aromatic heterocycles. The fraction of sp³-hybridized carbons (Fsp3) is 0.333. The highest BCUT2D eigenvalue weighted by molar-refractivity contribution is 7.22. The number of aromatic nitrogens is 3. The van der Waals surface area contributed by atoms with Gasteiger partial charge >= 0.3 is 0 Å². The van der Waals surface area contributed by atoms with Crippen LogP contribution in [-0.4, -0.2) is 47.5 Å². The molecule has 3 N–H and O–H groups in total. The lowest BCUT2D eigenvalue weighted by Gasteiger charge is -2.14. The molecular weight excluding hydrogens is 298 g/mol. The molecule has 3 aromatic rings. The standard InChI is InChI=1S/C15H19N5OS/c1-20(2)14-9-11(16-5-3-7-21)15-12(18-14)8-13(22-15)10-4-6-17-19-10/h4,6,8-9,21H,3,5,7H2,1-2H3,(H,16,18)(H,17,19). The number of hydrogen-bond donors (Lipinski definition) is 3. The maximum atomic E-state index is 8.96. The topological polar surface area (TPSA) is 77.1 Å². The minimum Gasteiger partial charge on any atom is -0.396 e. The number of aliphatic hydroxyl groups excluding tert-OH is 1. The van der Waals surface area contributed by atoms with Crippen molar-refractivity contribution in [2.24, 2.45) is 0 Å². The average molecular weight is 317 g/mol. The summed E-state index contributed by atoms with van der Waals surface area (Å²) in [7, 11) is 3.96. The van der Waals surface area contributed by atoms with Crippen molar-refractivity contribution >= 4 is 33.1 Å². The highest BCUT2D eigenvalue weighted by Crippen LogP contribution is 2.37. The van der Waals surface area contributed by atoms with Crippen molar-refractivity contribution < 1.29 is 5.11 Å². The number of H-pyrrole nitrogens is 1. The van der Waals surface area contributed by atoms with Crippen LogP contribution >= 0.6 is 11.3 Å². The molecule has 0 atom stereocenters. The number of nitrogens with zero attached hydrogens (tertiary/aromatic N) is 3. The molecule has 0 aliphatic rings. The van der Waals surface area contributed by atoms with Crippen LogP contribution in [0.1, 0.15) is 6.42 Å². The average Bonchev–Trinajstić information content (AvgIpc) is 3.16. The van der Waals surface area contributed by atoms with E-state index in [2.05, 4.69) is 21.6 Å². The summed E-state index contributed by atoms with van der Waals surface area (Å²) in [6, 6.07) is 6.08. The van der Waals surface area contributed by atoms with Gasteiger partial charge in [-0.2, -0.15) is 5.10 Å². The molecule has 0 amide bonds.